The normalized spacial score (nSPS) is 12.2. The summed E-state index contributed by atoms with van der Waals surface area (Å²) in [5.41, 5.74) is 1.18. The minimum Gasteiger partial charge on any atom is -0.451 e. The lowest BCUT2D eigenvalue weighted by Gasteiger charge is -2.20. The molecular formula is C21H14N2O5S. The molecule has 1 amide bonds. The van der Waals surface area contributed by atoms with E-state index in [0.29, 0.717) is 21.0 Å². The fraction of sp³-hybridized carbons (Fsp3) is 0.0952. The molecule has 2 aromatic carbocycles. The van der Waals surface area contributed by atoms with Crippen LogP contribution in [-0.4, -0.2) is 35.0 Å². The van der Waals surface area contributed by atoms with E-state index in [1.54, 1.807) is 43.3 Å². The molecule has 0 atom stereocenters. The standard InChI is InChI=1S/C21H14N2O5S/c1-11-22-9-16(29-11)21(27)28-10-17(24)23-15-8-4-7-14-18(15)20(26)13-6-3-2-5-12(13)19(14)25/h2-9H,10H2,1H3,(H,23,24). The highest BCUT2D eigenvalue weighted by Gasteiger charge is 2.31. The molecule has 7 nitrogen and oxygen atoms in total. The van der Waals surface area contributed by atoms with Crippen LogP contribution in [0.5, 0.6) is 0 Å². The topological polar surface area (TPSA) is 102 Å². The van der Waals surface area contributed by atoms with E-state index in [9.17, 15) is 19.2 Å². The SMILES string of the molecule is Cc1ncc(C(=O)OCC(=O)Nc2cccc3c2C(=O)c2ccccc2C3=O)s1. The molecule has 1 aliphatic carbocycles. The van der Waals surface area contributed by atoms with Crippen molar-refractivity contribution in [2.45, 2.75) is 6.92 Å². The number of nitrogens with zero attached hydrogens (tertiary/aromatic N) is 1. The number of carbonyl (C=O) groups excluding carboxylic acids is 4. The van der Waals surface area contributed by atoms with Crippen LogP contribution in [0.2, 0.25) is 0 Å². The summed E-state index contributed by atoms with van der Waals surface area (Å²) in [5.74, 6) is -1.89. The van der Waals surface area contributed by atoms with Crippen LogP contribution >= 0.6 is 11.3 Å². The van der Waals surface area contributed by atoms with Crippen LogP contribution in [0.25, 0.3) is 0 Å². The second kappa shape index (κ2) is 7.40. The maximum atomic E-state index is 12.9. The number of thiazole rings is 1. The van der Waals surface area contributed by atoms with Gasteiger partial charge in [-0.1, -0.05) is 36.4 Å². The molecule has 0 radical (unpaired) electrons. The van der Waals surface area contributed by atoms with E-state index in [4.69, 9.17) is 4.74 Å². The Hall–Kier alpha value is -3.65. The van der Waals surface area contributed by atoms with Gasteiger partial charge in [-0.2, -0.15) is 0 Å². The number of fused-ring (bicyclic) bond motifs is 2. The number of aryl methyl sites for hydroxylation is 1. The Morgan fingerprint density at radius 1 is 1.00 bits per heavy atom. The van der Waals surface area contributed by atoms with Gasteiger partial charge >= 0.3 is 5.97 Å². The number of esters is 1. The van der Waals surface area contributed by atoms with Crippen molar-refractivity contribution in [2.75, 3.05) is 11.9 Å². The number of ketones is 2. The number of anilines is 1. The highest BCUT2D eigenvalue weighted by molar-refractivity contribution is 7.13. The van der Waals surface area contributed by atoms with Crippen molar-refractivity contribution in [3.63, 3.8) is 0 Å². The zero-order chi connectivity index (χ0) is 20.5. The van der Waals surface area contributed by atoms with Gasteiger partial charge in [0.15, 0.2) is 18.2 Å². The number of carbonyl (C=O) groups is 4. The summed E-state index contributed by atoms with van der Waals surface area (Å²) in [6.07, 6.45) is 1.38. The van der Waals surface area contributed by atoms with Crippen LogP contribution in [0.15, 0.2) is 48.7 Å². The molecule has 144 valence electrons. The van der Waals surface area contributed by atoms with Crippen molar-refractivity contribution < 1.29 is 23.9 Å². The Kier molecular flexibility index (Phi) is 4.77. The minimum atomic E-state index is -0.652. The molecule has 0 saturated heterocycles. The van der Waals surface area contributed by atoms with Crippen molar-refractivity contribution in [3.8, 4) is 0 Å². The number of benzene rings is 2. The smallest absolute Gasteiger partial charge is 0.350 e. The van der Waals surface area contributed by atoms with Gasteiger partial charge in [0.25, 0.3) is 5.91 Å². The van der Waals surface area contributed by atoms with Crippen molar-refractivity contribution in [3.05, 3.63) is 80.8 Å². The lowest BCUT2D eigenvalue weighted by molar-refractivity contribution is -0.119. The summed E-state index contributed by atoms with van der Waals surface area (Å²) in [6.45, 7) is 1.22. The number of amides is 1. The predicted octanol–water partition coefficient (Wildman–Crippen LogP) is 3.02. The van der Waals surface area contributed by atoms with Gasteiger partial charge in [0.1, 0.15) is 4.88 Å². The largest absolute Gasteiger partial charge is 0.451 e. The van der Waals surface area contributed by atoms with Gasteiger partial charge in [0, 0.05) is 16.7 Å². The van der Waals surface area contributed by atoms with Gasteiger partial charge in [-0.25, -0.2) is 9.78 Å². The molecule has 0 saturated carbocycles. The molecule has 0 aliphatic heterocycles. The minimum absolute atomic E-state index is 0.133. The number of hydrogen-bond donors (Lipinski definition) is 1. The first-order chi connectivity index (χ1) is 14.0. The van der Waals surface area contributed by atoms with Gasteiger partial charge in [0.05, 0.1) is 22.5 Å². The molecule has 0 bridgehead atoms. The van der Waals surface area contributed by atoms with E-state index in [1.807, 2.05) is 0 Å². The Morgan fingerprint density at radius 2 is 1.69 bits per heavy atom. The Bertz CT molecular complexity index is 1180. The van der Waals surface area contributed by atoms with Crippen molar-refractivity contribution in [1.29, 1.82) is 0 Å². The predicted molar refractivity (Wildman–Crippen MR) is 106 cm³/mol. The average molecular weight is 406 g/mol. The molecule has 0 spiro atoms. The summed E-state index contributed by atoms with van der Waals surface area (Å²) < 4.78 is 4.99. The second-order valence-corrected chi connectivity index (χ2v) is 7.53. The fourth-order valence-electron chi connectivity index (χ4n) is 3.09. The Balaban J connectivity index is 1.53. The van der Waals surface area contributed by atoms with Crippen molar-refractivity contribution in [1.82, 2.24) is 4.98 Å². The Morgan fingerprint density at radius 3 is 2.38 bits per heavy atom. The van der Waals surface area contributed by atoms with E-state index < -0.39 is 18.5 Å². The van der Waals surface area contributed by atoms with Crippen LogP contribution in [0.3, 0.4) is 0 Å². The van der Waals surface area contributed by atoms with Crippen LogP contribution in [0, 0.1) is 6.92 Å². The first kappa shape index (κ1) is 18.7. The van der Waals surface area contributed by atoms with E-state index in [0.717, 1.165) is 11.3 Å². The molecule has 0 unspecified atom stereocenters. The zero-order valence-corrected chi connectivity index (χ0v) is 16.0. The number of aromatic nitrogens is 1. The number of nitrogens with one attached hydrogen (secondary N) is 1. The first-order valence-corrected chi connectivity index (χ1v) is 9.48. The molecule has 1 heterocycles. The average Bonchev–Trinajstić information content (AvgIpc) is 3.16. The molecule has 3 aromatic rings. The van der Waals surface area contributed by atoms with Gasteiger partial charge in [-0.05, 0) is 13.0 Å². The van der Waals surface area contributed by atoms with E-state index in [1.165, 1.54) is 12.3 Å². The van der Waals surface area contributed by atoms with Crippen LogP contribution < -0.4 is 5.32 Å². The molecule has 1 aromatic heterocycles. The molecule has 4 rings (SSSR count). The van der Waals surface area contributed by atoms with Gasteiger partial charge in [0.2, 0.25) is 0 Å². The maximum Gasteiger partial charge on any atom is 0.350 e. The van der Waals surface area contributed by atoms with Crippen LogP contribution in [0.1, 0.15) is 46.5 Å². The van der Waals surface area contributed by atoms with E-state index >= 15 is 0 Å². The third-order valence-electron chi connectivity index (χ3n) is 4.38. The van der Waals surface area contributed by atoms with Gasteiger partial charge < -0.3 is 10.1 Å². The number of hydrogen-bond acceptors (Lipinski definition) is 7. The maximum absolute atomic E-state index is 12.9. The Labute approximate surface area is 169 Å². The highest BCUT2D eigenvalue weighted by Crippen LogP contribution is 2.31. The van der Waals surface area contributed by atoms with Crippen molar-refractivity contribution >= 4 is 40.5 Å². The second-order valence-electron chi connectivity index (χ2n) is 6.30. The van der Waals surface area contributed by atoms with Crippen LogP contribution in [0.4, 0.5) is 5.69 Å². The molecule has 1 aliphatic rings. The quantitative estimate of drug-likeness (QED) is 0.523. The van der Waals surface area contributed by atoms with Gasteiger partial charge in [-0.15, -0.1) is 11.3 Å². The lowest BCUT2D eigenvalue weighted by atomic mass is 9.83. The molecule has 29 heavy (non-hydrogen) atoms. The van der Waals surface area contributed by atoms with Crippen LogP contribution in [-0.2, 0) is 9.53 Å². The number of rotatable bonds is 4. The summed E-state index contributed by atoms with van der Waals surface area (Å²) in [5, 5.41) is 3.27. The fourth-order valence-corrected chi connectivity index (χ4v) is 3.76. The van der Waals surface area contributed by atoms with Crippen molar-refractivity contribution in [2.24, 2.45) is 0 Å². The highest BCUT2D eigenvalue weighted by atomic mass is 32.1. The van der Waals surface area contributed by atoms with E-state index in [-0.39, 0.29) is 28.4 Å². The summed E-state index contributed by atoms with van der Waals surface area (Å²) in [4.78, 5) is 54.1. The summed E-state index contributed by atoms with van der Waals surface area (Å²) in [6, 6.07) is 11.2. The van der Waals surface area contributed by atoms with E-state index in [2.05, 4.69) is 10.3 Å². The number of ether oxygens (including phenoxy) is 1. The first-order valence-electron chi connectivity index (χ1n) is 8.66. The third-order valence-corrected chi connectivity index (χ3v) is 5.28. The molecule has 0 fully saturated rings. The molecule has 1 N–H and O–H groups in total. The summed E-state index contributed by atoms with van der Waals surface area (Å²) in [7, 11) is 0. The summed E-state index contributed by atoms with van der Waals surface area (Å²) >= 11 is 1.16. The monoisotopic (exact) mass is 406 g/mol. The zero-order valence-electron chi connectivity index (χ0n) is 15.2. The third kappa shape index (κ3) is 3.45. The van der Waals surface area contributed by atoms with Gasteiger partial charge in [-0.3, -0.25) is 14.4 Å². The molecular weight excluding hydrogens is 392 g/mol. The lowest BCUT2D eigenvalue weighted by Crippen LogP contribution is -2.25. The molecule has 8 heteroatoms.